The van der Waals surface area contributed by atoms with Crippen molar-refractivity contribution in [2.24, 2.45) is 5.92 Å². The minimum atomic E-state index is -0.857. The predicted molar refractivity (Wildman–Crippen MR) is 127 cm³/mol. The number of methoxy groups -OCH3 is 1. The van der Waals surface area contributed by atoms with E-state index >= 15 is 0 Å². The first kappa shape index (κ1) is 26.6. The van der Waals surface area contributed by atoms with Gasteiger partial charge in [-0.25, -0.2) is 4.79 Å². The van der Waals surface area contributed by atoms with Crippen LogP contribution in [0.3, 0.4) is 0 Å². The number of allylic oxidation sites excluding steroid dienone is 1. The molecule has 6 nitrogen and oxygen atoms in total. The molecule has 0 aromatic heterocycles. The van der Waals surface area contributed by atoms with Crippen LogP contribution in [-0.2, 0) is 27.4 Å². The Bertz CT molecular complexity index is 752. The van der Waals surface area contributed by atoms with Gasteiger partial charge in [-0.05, 0) is 18.1 Å². The first-order valence-corrected chi connectivity index (χ1v) is 11.2. The Hall–Kier alpha value is -2.48. The van der Waals surface area contributed by atoms with E-state index in [4.69, 9.17) is 9.84 Å². The first-order chi connectivity index (χ1) is 15.0. The Morgan fingerprint density at radius 3 is 1.71 bits per heavy atom. The summed E-state index contributed by atoms with van der Waals surface area (Å²) >= 11 is 3.03. The van der Waals surface area contributed by atoms with Crippen LogP contribution in [0.5, 0.6) is 0 Å². The maximum absolute atomic E-state index is 11.9. The molecule has 3 N–H and O–H groups in total. The number of carbonyl (C=O) groups is 2. The van der Waals surface area contributed by atoms with Crippen LogP contribution in [0.2, 0.25) is 0 Å². The van der Waals surface area contributed by atoms with Crippen LogP contribution >= 0.6 is 15.9 Å². The van der Waals surface area contributed by atoms with Crippen molar-refractivity contribution in [3.8, 4) is 0 Å². The molecule has 0 bridgehead atoms. The van der Waals surface area contributed by atoms with Gasteiger partial charge in [0, 0.05) is 37.1 Å². The van der Waals surface area contributed by atoms with Crippen molar-refractivity contribution in [2.45, 2.75) is 20.0 Å². The molecule has 0 radical (unpaired) electrons. The van der Waals surface area contributed by atoms with E-state index in [1.807, 2.05) is 36.4 Å². The molecule has 0 heterocycles. The lowest BCUT2D eigenvalue weighted by molar-refractivity contribution is -0.145. The number of carbonyl (C=O) groups excluding carboxylic acids is 1. The van der Waals surface area contributed by atoms with E-state index in [1.165, 1.54) is 18.2 Å². The van der Waals surface area contributed by atoms with E-state index < -0.39 is 5.97 Å². The lowest BCUT2D eigenvalue weighted by Crippen LogP contribution is -2.36. The van der Waals surface area contributed by atoms with Gasteiger partial charge in [-0.2, -0.15) is 0 Å². The molecule has 0 unspecified atom stereocenters. The van der Waals surface area contributed by atoms with Crippen molar-refractivity contribution >= 4 is 27.9 Å². The van der Waals surface area contributed by atoms with Crippen LogP contribution in [-0.4, -0.2) is 42.6 Å². The Labute approximate surface area is 192 Å². The van der Waals surface area contributed by atoms with E-state index in [-0.39, 0.29) is 11.9 Å². The molecule has 7 heteroatoms. The molecular formula is C24H31BrN2O4. The predicted octanol–water partition coefficient (Wildman–Crippen LogP) is 3.77. The van der Waals surface area contributed by atoms with Crippen molar-refractivity contribution in [1.82, 2.24) is 10.6 Å². The molecule has 0 aliphatic rings. The molecule has 2 rings (SSSR count). The number of alkyl halides is 1. The van der Waals surface area contributed by atoms with E-state index in [9.17, 15) is 9.59 Å². The molecule has 0 spiro atoms. The topological polar surface area (TPSA) is 87.7 Å². The van der Waals surface area contributed by atoms with E-state index in [0.717, 1.165) is 13.1 Å². The normalized spacial score (nSPS) is 10.9. The Morgan fingerprint density at radius 1 is 0.968 bits per heavy atom. The van der Waals surface area contributed by atoms with Gasteiger partial charge in [-0.1, -0.05) is 82.7 Å². The summed E-state index contributed by atoms with van der Waals surface area (Å²) in [7, 11) is 1.43. The lowest BCUT2D eigenvalue weighted by Gasteiger charge is -2.16. The number of esters is 1. The van der Waals surface area contributed by atoms with Gasteiger partial charge in [-0.3, -0.25) is 4.79 Å². The van der Waals surface area contributed by atoms with Crippen molar-refractivity contribution in [3.05, 3.63) is 83.4 Å². The van der Waals surface area contributed by atoms with Gasteiger partial charge >= 0.3 is 11.9 Å². The third-order valence-corrected chi connectivity index (χ3v) is 5.03. The number of benzene rings is 2. The molecule has 31 heavy (non-hydrogen) atoms. The van der Waals surface area contributed by atoms with Gasteiger partial charge in [0.25, 0.3) is 0 Å². The summed E-state index contributed by atoms with van der Waals surface area (Å²) < 4.78 is 4.90. The van der Waals surface area contributed by atoms with Crippen molar-refractivity contribution in [2.75, 3.05) is 25.5 Å². The minimum Gasteiger partial charge on any atom is -0.478 e. The molecule has 2 aromatic carbocycles. The van der Waals surface area contributed by atoms with Crippen LogP contribution in [0, 0.1) is 5.92 Å². The summed E-state index contributed by atoms with van der Waals surface area (Å²) in [6.07, 6.45) is 1.57. The number of halogens is 1. The molecule has 0 fully saturated rings. The quantitative estimate of drug-likeness (QED) is 0.252. The maximum Gasteiger partial charge on any atom is 0.332 e. The molecule has 0 aliphatic carbocycles. The fraction of sp³-hybridized carbons (Fsp3) is 0.333. The van der Waals surface area contributed by atoms with Gasteiger partial charge in [0.05, 0.1) is 13.0 Å². The number of aliphatic carboxylic acids is 1. The maximum atomic E-state index is 11.9. The Kier molecular flexibility index (Phi) is 13.9. The zero-order valence-electron chi connectivity index (χ0n) is 18.0. The van der Waals surface area contributed by atoms with Crippen LogP contribution < -0.4 is 10.6 Å². The lowest BCUT2D eigenvalue weighted by atomic mass is 10.1. The summed E-state index contributed by atoms with van der Waals surface area (Å²) in [5, 5.41) is 15.3. The summed E-state index contributed by atoms with van der Waals surface area (Å²) in [4.78, 5) is 22.0. The second-order valence-electron chi connectivity index (χ2n) is 6.71. The highest BCUT2D eigenvalue weighted by atomic mass is 79.9. The molecule has 0 aliphatic heterocycles. The molecule has 0 amide bonds. The van der Waals surface area contributed by atoms with E-state index in [2.05, 4.69) is 50.8 Å². The van der Waals surface area contributed by atoms with Crippen molar-refractivity contribution in [3.63, 3.8) is 0 Å². The highest BCUT2D eigenvalue weighted by Crippen LogP contribution is 2.02. The van der Waals surface area contributed by atoms with Gasteiger partial charge in [0.15, 0.2) is 0 Å². The zero-order valence-corrected chi connectivity index (χ0v) is 19.6. The average molecular weight is 491 g/mol. The van der Waals surface area contributed by atoms with Crippen LogP contribution in [0.4, 0.5) is 0 Å². The summed E-state index contributed by atoms with van der Waals surface area (Å²) in [6, 6.07) is 20.3. The van der Waals surface area contributed by atoms with Gasteiger partial charge in [-0.15, -0.1) is 0 Å². The van der Waals surface area contributed by atoms with Gasteiger partial charge in [0.1, 0.15) is 0 Å². The van der Waals surface area contributed by atoms with Crippen molar-refractivity contribution in [1.29, 1.82) is 0 Å². The number of hydrogen-bond donors (Lipinski definition) is 3. The summed E-state index contributed by atoms with van der Waals surface area (Å²) in [5.74, 6) is -1.25. The molecule has 168 valence electrons. The highest BCUT2D eigenvalue weighted by Gasteiger charge is 2.18. The number of carboxylic acid groups (broad SMARTS) is 1. The highest BCUT2D eigenvalue weighted by molar-refractivity contribution is 9.09. The molecule has 0 saturated carbocycles. The summed E-state index contributed by atoms with van der Waals surface area (Å²) in [5.41, 5.74) is 2.80. The van der Waals surface area contributed by atoms with Crippen molar-refractivity contribution < 1.29 is 19.4 Å². The SMILES string of the molecule is CC=C(CBr)C(=O)O.COC(=O)C(CNCc1ccccc1)CNCc1ccccc1. The second kappa shape index (κ2) is 16.2. The number of ether oxygens (including phenoxy) is 1. The number of hydrogen-bond acceptors (Lipinski definition) is 5. The minimum absolute atomic E-state index is 0.189. The number of nitrogens with one attached hydrogen (secondary N) is 2. The molecule has 0 saturated heterocycles. The number of carboxylic acids is 1. The third-order valence-electron chi connectivity index (χ3n) is 4.43. The third kappa shape index (κ3) is 11.5. The van der Waals surface area contributed by atoms with E-state index in [1.54, 1.807) is 13.0 Å². The molecule has 0 atom stereocenters. The fourth-order valence-electron chi connectivity index (χ4n) is 2.64. The Morgan fingerprint density at radius 2 is 1.42 bits per heavy atom. The van der Waals surface area contributed by atoms with Crippen LogP contribution in [0.15, 0.2) is 72.3 Å². The Balaban J connectivity index is 0.000000512. The molecular weight excluding hydrogens is 460 g/mol. The van der Waals surface area contributed by atoms with Gasteiger partial charge in [0.2, 0.25) is 0 Å². The summed E-state index contributed by atoms with van der Waals surface area (Å²) in [6.45, 7) is 4.36. The smallest absolute Gasteiger partial charge is 0.332 e. The second-order valence-corrected chi connectivity index (χ2v) is 7.27. The van der Waals surface area contributed by atoms with E-state index in [0.29, 0.717) is 24.0 Å². The number of rotatable bonds is 11. The zero-order chi connectivity index (χ0) is 22.9. The molecule has 2 aromatic rings. The van der Waals surface area contributed by atoms with Crippen LogP contribution in [0.1, 0.15) is 18.1 Å². The van der Waals surface area contributed by atoms with Crippen LogP contribution in [0.25, 0.3) is 0 Å². The fourth-order valence-corrected chi connectivity index (χ4v) is 3.20. The largest absolute Gasteiger partial charge is 0.478 e. The monoisotopic (exact) mass is 490 g/mol. The average Bonchev–Trinajstić information content (AvgIpc) is 2.80. The van der Waals surface area contributed by atoms with Gasteiger partial charge < -0.3 is 20.5 Å². The first-order valence-electron chi connectivity index (χ1n) is 10.0. The standard InChI is InChI=1S/C19H24N2O2.C5H7BrO2/c1-23-19(22)18(14-20-12-16-8-4-2-5-9-16)15-21-13-17-10-6-3-7-11-17;1-2-4(3-6)5(7)8/h2-11,18,20-21H,12-15H2,1H3;2H,3H2,1H3,(H,7,8).